The highest BCUT2D eigenvalue weighted by atomic mass is 15.0. The minimum Gasteiger partial charge on any atom is -0.329 e. The van der Waals surface area contributed by atoms with E-state index in [9.17, 15) is 0 Å². The Balaban J connectivity index is -0.000000513. The summed E-state index contributed by atoms with van der Waals surface area (Å²) in [5, 5.41) is 29.2. The molecule has 0 aliphatic carbocycles. The molecule has 0 fully saturated rings. The molecule has 0 saturated heterocycles. The first-order valence-electron chi connectivity index (χ1n) is 14.8. The van der Waals surface area contributed by atoms with E-state index in [4.69, 9.17) is 34.4 Å². The van der Waals surface area contributed by atoms with Gasteiger partial charge in [-0.25, -0.2) is 0 Å². The smallest absolute Gasteiger partial charge is 0.00772 e. The number of nitrogens with two attached hydrogens (primary N) is 6. The van der Waals surface area contributed by atoms with Gasteiger partial charge in [0.15, 0.2) is 0 Å². The van der Waals surface area contributed by atoms with E-state index in [0.717, 1.165) is 118 Å². The third-order valence-corrected chi connectivity index (χ3v) is 4.80. The van der Waals surface area contributed by atoms with Crippen molar-refractivity contribution in [1.29, 1.82) is 0 Å². The Morgan fingerprint density at radius 3 is 0.385 bits per heavy atom. The molecular weight excluding hydrogens is 498 g/mol. The zero-order chi connectivity index (χ0) is 29.3. The monoisotopic (exact) mass is 568 g/mol. The third kappa shape index (κ3) is 54.2. The second-order valence-corrected chi connectivity index (χ2v) is 8.48. The Morgan fingerprint density at radius 1 is 0.179 bits per heavy atom. The average Bonchev–Trinajstić information content (AvgIpc) is 2.95. The van der Waals surface area contributed by atoms with Crippen LogP contribution < -0.4 is 82.3 Å². The van der Waals surface area contributed by atoms with E-state index in [1.54, 1.807) is 0 Å². The first-order valence-corrected chi connectivity index (χ1v) is 14.8. The lowest BCUT2D eigenvalue weighted by molar-refractivity contribution is 0.569. The second kappa shape index (κ2) is 47.2. The van der Waals surface area contributed by atoms with Gasteiger partial charge in [0.2, 0.25) is 0 Å². The predicted molar refractivity (Wildman–Crippen MR) is 170 cm³/mol. The summed E-state index contributed by atoms with van der Waals surface area (Å²) in [7, 11) is 0. The van der Waals surface area contributed by atoms with E-state index in [0.29, 0.717) is 39.3 Å². The van der Waals surface area contributed by atoms with Crippen LogP contribution in [-0.4, -0.2) is 157 Å². The van der Waals surface area contributed by atoms with Gasteiger partial charge < -0.3 is 82.3 Å². The minimum atomic E-state index is 0.705. The highest BCUT2D eigenvalue weighted by molar-refractivity contribution is 4.57. The maximum Gasteiger partial charge on any atom is 0.00772 e. The van der Waals surface area contributed by atoms with Crippen molar-refractivity contribution in [3.63, 3.8) is 0 Å². The van der Waals surface area contributed by atoms with Crippen molar-refractivity contribution >= 4 is 0 Å². The molecule has 0 spiro atoms. The van der Waals surface area contributed by atoms with Crippen molar-refractivity contribution in [3.05, 3.63) is 0 Å². The van der Waals surface area contributed by atoms with E-state index in [1.165, 1.54) is 0 Å². The molecule has 0 heterocycles. The molecule has 0 radical (unpaired) electrons. The summed E-state index contributed by atoms with van der Waals surface area (Å²) in [5.74, 6) is 0. The fourth-order valence-electron chi connectivity index (χ4n) is 2.80. The molecule has 240 valence electrons. The fraction of sp³-hybridized carbons (Fsp3) is 1.00. The van der Waals surface area contributed by atoms with Gasteiger partial charge in [0.1, 0.15) is 0 Å². The van der Waals surface area contributed by atoms with Crippen LogP contribution in [-0.2, 0) is 0 Å². The number of hydrogen-bond acceptors (Lipinski definition) is 15. The molecule has 0 bridgehead atoms. The van der Waals surface area contributed by atoms with Gasteiger partial charge in [0, 0.05) is 157 Å². The maximum absolute atomic E-state index is 5.35. The molecule has 0 unspecified atom stereocenters. The van der Waals surface area contributed by atoms with Crippen molar-refractivity contribution in [2.24, 2.45) is 34.4 Å². The molecule has 0 rings (SSSR count). The summed E-state index contributed by atoms with van der Waals surface area (Å²) in [4.78, 5) is 0. The van der Waals surface area contributed by atoms with Gasteiger partial charge >= 0.3 is 0 Å². The summed E-state index contributed by atoms with van der Waals surface area (Å²) in [6, 6.07) is 0. The highest BCUT2D eigenvalue weighted by Gasteiger charge is 1.89. The van der Waals surface area contributed by atoms with Crippen LogP contribution in [0.4, 0.5) is 0 Å². The van der Waals surface area contributed by atoms with Gasteiger partial charge in [-0.05, 0) is 0 Å². The normalized spacial score (nSPS) is 10.6. The molecule has 0 aromatic heterocycles. The largest absolute Gasteiger partial charge is 0.329 e. The Bertz CT molecular complexity index is 338. The van der Waals surface area contributed by atoms with Crippen LogP contribution in [0.5, 0.6) is 0 Å². The van der Waals surface area contributed by atoms with Crippen LogP contribution >= 0.6 is 0 Å². The molecule has 0 aromatic carbocycles. The van der Waals surface area contributed by atoms with Crippen molar-refractivity contribution in [2.75, 3.05) is 157 Å². The van der Waals surface area contributed by atoms with Gasteiger partial charge in [-0.15, -0.1) is 0 Å². The number of rotatable bonds is 30. The molecule has 15 nitrogen and oxygen atoms in total. The topological polar surface area (TPSA) is 264 Å². The molecule has 39 heavy (non-hydrogen) atoms. The van der Waals surface area contributed by atoms with Crippen molar-refractivity contribution in [1.82, 2.24) is 47.9 Å². The minimum absolute atomic E-state index is 0.705. The fourth-order valence-corrected chi connectivity index (χ4v) is 2.80. The summed E-state index contributed by atoms with van der Waals surface area (Å²) in [6.45, 7) is 21.4. The summed E-state index contributed by atoms with van der Waals surface area (Å²) >= 11 is 0. The van der Waals surface area contributed by atoms with Crippen LogP contribution in [0.1, 0.15) is 0 Å². The van der Waals surface area contributed by atoms with Gasteiger partial charge in [-0.3, -0.25) is 0 Å². The van der Waals surface area contributed by atoms with Gasteiger partial charge in [-0.2, -0.15) is 0 Å². The summed E-state index contributed by atoms with van der Waals surface area (Å²) in [5.41, 5.74) is 31.9. The Morgan fingerprint density at radius 2 is 0.282 bits per heavy atom. The van der Waals surface area contributed by atoms with E-state index in [1.807, 2.05) is 0 Å². The molecule has 21 N–H and O–H groups in total. The average molecular weight is 568 g/mol. The molecule has 0 aromatic rings. The first-order chi connectivity index (χ1) is 19.2. The lowest BCUT2D eigenvalue weighted by atomic mass is 10.5. The Labute approximate surface area is 239 Å². The van der Waals surface area contributed by atoms with Crippen LogP contribution in [0.3, 0.4) is 0 Å². The van der Waals surface area contributed by atoms with E-state index < -0.39 is 0 Å². The van der Waals surface area contributed by atoms with Crippen molar-refractivity contribution in [3.8, 4) is 0 Å². The van der Waals surface area contributed by atoms with E-state index >= 15 is 0 Å². The molecular formula is C24H69N15. The zero-order valence-electron chi connectivity index (χ0n) is 24.9. The number of hydrogen-bond donors (Lipinski definition) is 15. The molecule has 0 amide bonds. The Hall–Kier alpha value is -0.600. The second-order valence-electron chi connectivity index (χ2n) is 8.48. The highest BCUT2D eigenvalue weighted by Crippen LogP contribution is 1.63. The van der Waals surface area contributed by atoms with Crippen molar-refractivity contribution < 1.29 is 0 Å². The van der Waals surface area contributed by atoms with Gasteiger partial charge in [0.25, 0.3) is 0 Å². The van der Waals surface area contributed by atoms with E-state index in [-0.39, 0.29) is 0 Å². The predicted octanol–water partition coefficient (Wildman–Crippen LogP) is -6.98. The summed E-state index contributed by atoms with van der Waals surface area (Å²) in [6.07, 6.45) is 0. The van der Waals surface area contributed by atoms with Gasteiger partial charge in [0.05, 0.1) is 0 Å². The van der Waals surface area contributed by atoms with Gasteiger partial charge in [-0.1, -0.05) is 0 Å². The molecule has 0 aliphatic heterocycles. The third-order valence-electron chi connectivity index (χ3n) is 4.80. The van der Waals surface area contributed by atoms with Crippen LogP contribution in [0.2, 0.25) is 0 Å². The molecule has 0 aliphatic rings. The maximum atomic E-state index is 5.35. The van der Waals surface area contributed by atoms with Crippen LogP contribution in [0.15, 0.2) is 0 Å². The first kappa shape index (κ1) is 42.9. The van der Waals surface area contributed by atoms with Crippen molar-refractivity contribution in [2.45, 2.75) is 0 Å². The van der Waals surface area contributed by atoms with Crippen LogP contribution in [0.25, 0.3) is 0 Å². The zero-order valence-corrected chi connectivity index (χ0v) is 24.9. The van der Waals surface area contributed by atoms with E-state index in [2.05, 4.69) is 47.9 Å². The lowest BCUT2D eigenvalue weighted by Crippen LogP contribution is -2.36. The van der Waals surface area contributed by atoms with Crippen LogP contribution in [0, 0.1) is 0 Å². The molecule has 0 saturated carbocycles. The SMILES string of the molecule is NCCNCCNCCN.NCCNCCNCCNCCN.NCCNCCNCCNCCNCCN. The molecule has 0 atom stereocenters. The standard InChI is InChI=1S/C10H28N6.C8H23N5.C6H18N4/c11-1-3-13-5-7-15-9-10-16-8-6-14-4-2-12;9-1-3-11-5-7-13-8-6-12-4-2-10;7-1-3-9-5-6-10-4-2-8/h13-16H,1-12H2;11-13H,1-10H2;9-10H,1-8H2. The quantitative estimate of drug-likeness (QED) is 0.0359. The molecule has 15 heteroatoms. The lowest BCUT2D eigenvalue weighted by Gasteiger charge is -2.07. The Kier molecular flexibility index (Phi) is 51.9. The number of nitrogens with one attached hydrogen (secondary N) is 9. The summed E-state index contributed by atoms with van der Waals surface area (Å²) < 4.78 is 0.